The molecule has 0 aliphatic heterocycles. The third-order valence-corrected chi connectivity index (χ3v) is 5.46. The summed E-state index contributed by atoms with van der Waals surface area (Å²) in [5.41, 5.74) is 11.4. The fraction of sp³-hybridized carbons (Fsp3) is 0.273. The molecular formula is C22H21N5O. The predicted molar refractivity (Wildman–Crippen MR) is 109 cm³/mol. The molecular weight excluding hydrogens is 350 g/mol. The molecule has 0 saturated heterocycles. The summed E-state index contributed by atoms with van der Waals surface area (Å²) in [5, 5.41) is 13.5. The highest BCUT2D eigenvalue weighted by atomic mass is 16.2. The minimum atomic E-state index is -0.233. The Hall–Kier alpha value is -3.46. The highest BCUT2D eigenvalue weighted by Crippen LogP contribution is 2.39. The first-order valence-corrected chi connectivity index (χ1v) is 9.36. The topological polar surface area (TPSA) is 105 Å². The lowest BCUT2D eigenvalue weighted by molar-refractivity contribution is -0.117. The normalized spacial score (nSPS) is 17.9. The number of benzene rings is 1. The molecule has 2 atom stereocenters. The average Bonchev–Trinajstić information content (AvgIpc) is 3.51. The third-order valence-electron chi connectivity index (χ3n) is 5.46. The lowest BCUT2D eigenvalue weighted by Crippen LogP contribution is -2.15. The standard InChI is InChI=1S/C22H21N5O/c1-3-13-4-5-25-10-18(13)16-6-14-8-20(26-11-19(14)21(24)12(16)2)27-22(28)17-7-15(17)9-23/h4-6,8,10-11,15,17H,3,7,24H2,1-2H3,(H,26,27,28). The second-order valence-corrected chi connectivity index (χ2v) is 7.21. The molecule has 1 aromatic carbocycles. The Balaban J connectivity index is 1.75. The van der Waals surface area contributed by atoms with E-state index in [1.807, 2.05) is 25.3 Å². The van der Waals surface area contributed by atoms with Gasteiger partial charge in [0.05, 0.1) is 17.9 Å². The molecule has 1 fully saturated rings. The fourth-order valence-electron chi connectivity index (χ4n) is 3.59. The number of nitrogens with two attached hydrogens (primary N) is 1. The molecule has 1 amide bonds. The van der Waals surface area contributed by atoms with Gasteiger partial charge in [-0.3, -0.25) is 9.78 Å². The summed E-state index contributed by atoms with van der Waals surface area (Å²) in [6.07, 6.45) is 6.87. The third kappa shape index (κ3) is 3.05. The van der Waals surface area contributed by atoms with Gasteiger partial charge < -0.3 is 11.1 Å². The largest absolute Gasteiger partial charge is 0.398 e. The van der Waals surface area contributed by atoms with Crippen LogP contribution in [0, 0.1) is 30.1 Å². The van der Waals surface area contributed by atoms with E-state index in [1.165, 1.54) is 5.56 Å². The number of aryl methyl sites for hydroxylation is 1. The number of hydrogen-bond donors (Lipinski definition) is 2. The first-order chi connectivity index (χ1) is 13.5. The van der Waals surface area contributed by atoms with Crippen LogP contribution < -0.4 is 11.1 Å². The molecule has 0 bridgehead atoms. The molecule has 6 heteroatoms. The van der Waals surface area contributed by atoms with Crippen molar-refractivity contribution in [2.24, 2.45) is 11.8 Å². The first kappa shape index (κ1) is 17.9. The van der Waals surface area contributed by atoms with E-state index in [0.29, 0.717) is 17.9 Å². The second kappa shape index (κ2) is 6.93. The van der Waals surface area contributed by atoms with Gasteiger partial charge in [0.25, 0.3) is 0 Å². The van der Waals surface area contributed by atoms with Crippen LogP contribution in [0.2, 0.25) is 0 Å². The van der Waals surface area contributed by atoms with E-state index in [-0.39, 0.29) is 17.7 Å². The number of nitriles is 1. The number of nitrogens with one attached hydrogen (secondary N) is 1. The first-order valence-electron chi connectivity index (χ1n) is 9.36. The van der Waals surface area contributed by atoms with Crippen LogP contribution in [-0.2, 0) is 11.2 Å². The van der Waals surface area contributed by atoms with Crippen LogP contribution in [0.3, 0.4) is 0 Å². The zero-order valence-corrected chi connectivity index (χ0v) is 15.9. The maximum absolute atomic E-state index is 12.2. The van der Waals surface area contributed by atoms with Crippen molar-refractivity contribution in [3.05, 3.63) is 47.9 Å². The molecule has 1 aliphatic carbocycles. The molecule has 2 aromatic heterocycles. The van der Waals surface area contributed by atoms with E-state index >= 15 is 0 Å². The molecule has 140 valence electrons. The van der Waals surface area contributed by atoms with Crippen molar-refractivity contribution < 1.29 is 4.79 Å². The summed E-state index contributed by atoms with van der Waals surface area (Å²) in [4.78, 5) is 20.9. The van der Waals surface area contributed by atoms with Gasteiger partial charge in [-0.15, -0.1) is 0 Å². The number of nitrogen functional groups attached to an aromatic ring is 1. The molecule has 0 radical (unpaired) electrons. The molecule has 4 rings (SSSR count). The van der Waals surface area contributed by atoms with E-state index in [0.717, 1.165) is 33.9 Å². The number of pyridine rings is 2. The van der Waals surface area contributed by atoms with Crippen molar-refractivity contribution in [1.29, 1.82) is 5.26 Å². The van der Waals surface area contributed by atoms with E-state index in [4.69, 9.17) is 11.0 Å². The molecule has 3 N–H and O–H groups in total. The Bertz CT molecular complexity index is 1130. The Morgan fingerprint density at radius 2 is 2.18 bits per heavy atom. The van der Waals surface area contributed by atoms with Crippen molar-refractivity contribution in [2.75, 3.05) is 11.1 Å². The molecule has 6 nitrogen and oxygen atoms in total. The Morgan fingerprint density at radius 1 is 1.36 bits per heavy atom. The van der Waals surface area contributed by atoms with E-state index < -0.39 is 0 Å². The van der Waals surface area contributed by atoms with Gasteiger partial charge in [-0.2, -0.15) is 5.26 Å². The molecule has 3 aromatic rings. The number of aromatic nitrogens is 2. The maximum Gasteiger partial charge on any atom is 0.230 e. The molecule has 28 heavy (non-hydrogen) atoms. The fourth-order valence-corrected chi connectivity index (χ4v) is 3.59. The SMILES string of the molecule is CCc1ccncc1-c1cc2cc(NC(=O)C3CC3C#N)ncc2c(N)c1C. The summed E-state index contributed by atoms with van der Waals surface area (Å²) in [6.45, 7) is 4.11. The van der Waals surface area contributed by atoms with Gasteiger partial charge in [-0.1, -0.05) is 6.92 Å². The van der Waals surface area contributed by atoms with E-state index in [2.05, 4.69) is 34.3 Å². The zero-order chi connectivity index (χ0) is 19.8. The number of amides is 1. The number of carbonyl (C=O) groups is 1. The summed E-state index contributed by atoms with van der Waals surface area (Å²) in [5.74, 6) is -0.0940. The van der Waals surface area contributed by atoms with Crippen LogP contribution in [0.1, 0.15) is 24.5 Å². The number of nitrogens with zero attached hydrogens (tertiary/aromatic N) is 3. The van der Waals surface area contributed by atoms with Crippen LogP contribution in [-0.4, -0.2) is 15.9 Å². The summed E-state index contributed by atoms with van der Waals surface area (Å²) in [7, 11) is 0. The van der Waals surface area contributed by atoms with Crippen LogP contribution in [0.25, 0.3) is 21.9 Å². The molecule has 1 saturated carbocycles. The average molecular weight is 371 g/mol. The van der Waals surface area contributed by atoms with Crippen LogP contribution in [0.4, 0.5) is 11.5 Å². The minimum Gasteiger partial charge on any atom is -0.398 e. The molecule has 1 aliphatic rings. The maximum atomic E-state index is 12.2. The lowest BCUT2D eigenvalue weighted by Gasteiger charge is -2.15. The van der Waals surface area contributed by atoms with E-state index in [1.54, 1.807) is 12.4 Å². The van der Waals surface area contributed by atoms with Crippen LogP contribution in [0.15, 0.2) is 36.8 Å². The quantitative estimate of drug-likeness (QED) is 0.678. The van der Waals surface area contributed by atoms with Crippen LogP contribution in [0.5, 0.6) is 0 Å². The Labute approximate surface area is 163 Å². The van der Waals surface area contributed by atoms with Crippen molar-refractivity contribution in [2.45, 2.75) is 26.7 Å². The monoisotopic (exact) mass is 371 g/mol. The number of hydrogen-bond acceptors (Lipinski definition) is 5. The Morgan fingerprint density at radius 3 is 2.89 bits per heavy atom. The number of anilines is 2. The van der Waals surface area contributed by atoms with Crippen molar-refractivity contribution in [3.8, 4) is 17.2 Å². The van der Waals surface area contributed by atoms with Crippen molar-refractivity contribution in [3.63, 3.8) is 0 Å². The number of carbonyl (C=O) groups excluding carboxylic acids is 1. The smallest absolute Gasteiger partial charge is 0.230 e. The summed E-state index contributed by atoms with van der Waals surface area (Å²) < 4.78 is 0. The predicted octanol–water partition coefficient (Wildman–Crippen LogP) is 3.85. The summed E-state index contributed by atoms with van der Waals surface area (Å²) in [6, 6.07) is 8.06. The van der Waals surface area contributed by atoms with Gasteiger partial charge in [0.15, 0.2) is 0 Å². The molecule has 2 unspecified atom stereocenters. The number of fused-ring (bicyclic) bond motifs is 1. The lowest BCUT2D eigenvalue weighted by atomic mass is 9.93. The van der Waals surface area contributed by atoms with Gasteiger partial charge in [0, 0.05) is 35.2 Å². The van der Waals surface area contributed by atoms with Crippen LogP contribution >= 0.6 is 0 Å². The van der Waals surface area contributed by atoms with E-state index in [9.17, 15) is 4.79 Å². The van der Waals surface area contributed by atoms with Crippen molar-refractivity contribution in [1.82, 2.24) is 9.97 Å². The highest BCUT2D eigenvalue weighted by Gasteiger charge is 2.43. The minimum absolute atomic E-state index is 0.153. The van der Waals surface area contributed by atoms with Gasteiger partial charge in [0.2, 0.25) is 5.91 Å². The Kier molecular flexibility index (Phi) is 4.44. The molecule has 0 spiro atoms. The molecule has 2 heterocycles. The summed E-state index contributed by atoms with van der Waals surface area (Å²) >= 11 is 0. The van der Waals surface area contributed by atoms with Crippen molar-refractivity contribution >= 4 is 28.2 Å². The van der Waals surface area contributed by atoms with Gasteiger partial charge in [-0.25, -0.2) is 4.98 Å². The van der Waals surface area contributed by atoms with Gasteiger partial charge in [-0.05, 0) is 60.0 Å². The zero-order valence-electron chi connectivity index (χ0n) is 15.9. The second-order valence-electron chi connectivity index (χ2n) is 7.21. The number of rotatable bonds is 4. The highest BCUT2D eigenvalue weighted by molar-refractivity contribution is 6.01. The van der Waals surface area contributed by atoms with Gasteiger partial charge >= 0.3 is 0 Å². The van der Waals surface area contributed by atoms with Gasteiger partial charge in [0.1, 0.15) is 5.82 Å².